The molecule has 1 atom stereocenters. The van der Waals surface area contributed by atoms with Crippen molar-refractivity contribution in [3.63, 3.8) is 0 Å². The van der Waals surface area contributed by atoms with Crippen molar-refractivity contribution in [3.05, 3.63) is 89.5 Å². The second-order valence-electron chi connectivity index (χ2n) is 7.92. The molecule has 1 aliphatic heterocycles. The van der Waals surface area contributed by atoms with Crippen LogP contribution in [0.25, 0.3) is 0 Å². The van der Waals surface area contributed by atoms with Crippen LogP contribution >= 0.6 is 0 Å². The van der Waals surface area contributed by atoms with Gasteiger partial charge in [0.25, 0.3) is 5.91 Å². The summed E-state index contributed by atoms with van der Waals surface area (Å²) in [6.07, 6.45) is 2.66. The molecule has 1 fully saturated rings. The van der Waals surface area contributed by atoms with Gasteiger partial charge in [-0.2, -0.15) is 0 Å². The molecule has 0 spiro atoms. The minimum absolute atomic E-state index is 0.00296. The van der Waals surface area contributed by atoms with E-state index in [9.17, 15) is 4.79 Å². The number of ether oxygens (including phenoxy) is 3. The summed E-state index contributed by atoms with van der Waals surface area (Å²) in [6.45, 7) is 0.752. The minimum Gasteiger partial charge on any atom is -0.493 e. The van der Waals surface area contributed by atoms with Gasteiger partial charge in [0.05, 0.1) is 20.3 Å². The van der Waals surface area contributed by atoms with E-state index in [0.29, 0.717) is 11.5 Å². The molecule has 0 unspecified atom stereocenters. The molecule has 4 rings (SSSR count). The van der Waals surface area contributed by atoms with E-state index in [1.165, 1.54) is 5.56 Å². The molecule has 32 heavy (non-hydrogen) atoms. The van der Waals surface area contributed by atoms with Crippen molar-refractivity contribution in [2.24, 2.45) is 0 Å². The van der Waals surface area contributed by atoms with Crippen LogP contribution in [0.1, 0.15) is 35.6 Å². The van der Waals surface area contributed by atoms with E-state index in [0.717, 1.165) is 42.7 Å². The first kappa shape index (κ1) is 21.8. The maximum absolute atomic E-state index is 13.1. The van der Waals surface area contributed by atoms with Gasteiger partial charge in [0.2, 0.25) is 0 Å². The Labute approximate surface area is 189 Å². The Bertz CT molecular complexity index is 1050. The summed E-state index contributed by atoms with van der Waals surface area (Å²) < 4.78 is 16.8. The predicted octanol–water partition coefficient (Wildman–Crippen LogP) is 5.04. The number of benzene rings is 3. The lowest BCUT2D eigenvalue weighted by Crippen LogP contribution is -2.34. The fourth-order valence-electron chi connectivity index (χ4n) is 4.30. The zero-order valence-corrected chi connectivity index (χ0v) is 18.6. The quantitative estimate of drug-likeness (QED) is 0.502. The molecule has 3 aromatic carbocycles. The molecule has 1 aliphatic rings. The van der Waals surface area contributed by atoms with E-state index in [1.54, 1.807) is 14.2 Å². The highest BCUT2D eigenvalue weighted by Gasteiger charge is 2.30. The summed E-state index contributed by atoms with van der Waals surface area (Å²) in [5.41, 5.74) is 3.34. The molecule has 0 N–H and O–H groups in total. The maximum atomic E-state index is 13.1. The fourth-order valence-corrected chi connectivity index (χ4v) is 4.30. The van der Waals surface area contributed by atoms with Crippen LogP contribution in [0, 0.1) is 0 Å². The summed E-state index contributed by atoms with van der Waals surface area (Å²) in [7, 11) is 3.25. The van der Waals surface area contributed by atoms with E-state index in [4.69, 9.17) is 14.2 Å². The summed E-state index contributed by atoms with van der Waals surface area (Å²) in [6, 6.07) is 24.1. The van der Waals surface area contributed by atoms with Gasteiger partial charge in [-0.15, -0.1) is 0 Å². The smallest absolute Gasteiger partial charge is 0.261 e. The molecule has 0 bridgehead atoms. The van der Waals surface area contributed by atoms with Gasteiger partial charge in [-0.3, -0.25) is 4.79 Å². The first-order valence-electron chi connectivity index (χ1n) is 11.0. The third-order valence-electron chi connectivity index (χ3n) is 5.93. The Morgan fingerprint density at radius 3 is 2.44 bits per heavy atom. The van der Waals surface area contributed by atoms with Crippen molar-refractivity contribution < 1.29 is 19.0 Å². The lowest BCUT2D eigenvalue weighted by molar-refractivity contribution is -0.134. The molecule has 5 heteroatoms. The summed E-state index contributed by atoms with van der Waals surface area (Å²) in [5, 5.41) is 0. The number of carbonyl (C=O) groups excluding carboxylic acids is 1. The number of nitrogens with zero attached hydrogens (tertiary/aromatic N) is 1. The highest BCUT2D eigenvalue weighted by atomic mass is 16.5. The van der Waals surface area contributed by atoms with Crippen molar-refractivity contribution in [3.8, 4) is 17.2 Å². The number of likely N-dealkylation sites (tertiary alicyclic amines) is 1. The Balaban J connectivity index is 1.44. The average Bonchev–Trinajstić information content (AvgIpc) is 3.33. The third kappa shape index (κ3) is 4.88. The van der Waals surface area contributed by atoms with Gasteiger partial charge >= 0.3 is 0 Å². The lowest BCUT2D eigenvalue weighted by atomic mass is 10.0. The van der Waals surface area contributed by atoms with Crippen LogP contribution in [0.15, 0.2) is 72.8 Å². The molecule has 5 nitrogen and oxygen atoms in total. The van der Waals surface area contributed by atoms with E-state index in [1.807, 2.05) is 59.5 Å². The van der Waals surface area contributed by atoms with Gasteiger partial charge in [0, 0.05) is 13.0 Å². The first-order valence-corrected chi connectivity index (χ1v) is 11.0. The van der Waals surface area contributed by atoms with Crippen LogP contribution in [-0.4, -0.2) is 38.2 Å². The molecule has 1 saturated heterocycles. The number of methoxy groups -OCH3 is 2. The van der Waals surface area contributed by atoms with E-state index < -0.39 is 0 Å². The molecule has 0 aliphatic carbocycles. The average molecular weight is 432 g/mol. The molecule has 1 amide bonds. The van der Waals surface area contributed by atoms with Crippen molar-refractivity contribution in [2.75, 3.05) is 27.4 Å². The maximum Gasteiger partial charge on any atom is 0.261 e. The van der Waals surface area contributed by atoms with Gasteiger partial charge in [-0.25, -0.2) is 0 Å². The Morgan fingerprint density at radius 2 is 1.66 bits per heavy atom. The molecule has 1 heterocycles. The van der Waals surface area contributed by atoms with Crippen molar-refractivity contribution in [1.82, 2.24) is 4.90 Å². The summed E-state index contributed by atoms with van der Waals surface area (Å²) in [4.78, 5) is 15.0. The highest BCUT2D eigenvalue weighted by molar-refractivity contribution is 5.78. The molecule has 3 aromatic rings. The molecule has 166 valence electrons. The van der Waals surface area contributed by atoms with Gasteiger partial charge in [-0.05, 0) is 47.7 Å². The van der Waals surface area contributed by atoms with E-state index >= 15 is 0 Å². The van der Waals surface area contributed by atoms with E-state index in [2.05, 4.69) is 18.2 Å². The number of hydrogen-bond acceptors (Lipinski definition) is 4. The van der Waals surface area contributed by atoms with Gasteiger partial charge in [-0.1, -0.05) is 54.6 Å². The van der Waals surface area contributed by atoms with Gasteiger partial charge in [0.15, 0.2) is 18.1 Å². The number of hydrogen-bond donors (Lipinski definition) is 0. The summed E-state index contributed by atoms with van der Waals surface area (Å²) in [5.74, 6) is 2.12. The monoisotopic (exact) mass is 431 g/mol. The predicted molar refractivity (Wildman–Crippen MR) is 124 cm³/mol. The second kappa shape index (κ2) is 10.2. The normalized spacial score (nSPS) is 15.4. The van der Waals surface area contributed by atoms with Gasteiger partial charge < -0.3 is 19.1 Å². The topological polar surface area (TPSA) is 48.0 Å². The molecule has 0 saturated carbocycles. The zero-order valence-electron chi connectivity index (χ0n) is 18.6. The Morgan fingerprint density at radius 1 is 0.906 bits per heavy atom. The molecule has 0 aromatic heterocycles. The lowest BCUT2D eigenvalue weighted by Gasteiger charge is -2.26. The summed E-state index contributed by atoms with van der Waals surface area (Å²) >= 11 is 0. The van der Waals surface area contributed by atoms with Crippen LogP contribution < -0.4 is 14.2 Å². The van der Waals surface area contributed by atoms with Gasteiger partial charge in [0.1, 0.15) is 5.75 Å². The molecular weight excluding hydrogens is 402 g/mol. The van der Waals surface area contributed by atoms with Crippen LogP contribution in [-0.2, 0) is 11.2 Å². The van der Waals surface area contributed by atoms with Crippen molar-refractivity contribution in [2.45, 2.75) is 25.3 Å². The van der Waals surface area contributed by atoms with Crippen LogP contribution in [0.5, 0.6) is 17.2 Å². The van der Waals surface area contributed by atoms with Crippen LogP contribution in [0.2, 0.25) is 0 Å². The SMILES string of the molecule is COc1ccc([C@@H]2CCCN2C(=O)COc2ccccc2Cc2ccccc2)cc1OC. The Kier molecular flexibility index (Phi) is 6.95. The first-order chi connectivity index (χ1) is 15.7. The van der Waals surface area contributed by atoms with E-state index in [-0.39, 0.29) is 18.6 Å². The third-order valence-corrected chi connectivity index (χ3v) is 5.93. The van der Waals surface area contributed by atoms with Crippen LogP contribution in [0.3, 0.4) is 0 Å². The largest absolute Gasteiger partial charge is 0.493 e. The second-order valence-corrected chi connectivity index (χ2v) is 7.92. The zero-order chi connectivity index (χ0) is 22.3. The van der Waals surface area contributed by atoms with Crippen LogP contribution in [0.4, 0.5) is 0 Å². The molecule has 0 radical (unpaired) electrons. The number of para-hydroxylation sites is 1. The highest BCUT2D eigenvalue weighted by Crippen LogP contribution is 2.37. The number of rotatable bonds is 8. The number of amides is 1. The van der Waals surface area contributed by atoms with Crippen molar-refractivity contribution in [1.29, 1.82) is 0 Å². The Hall–Kier alpha value is -3.47. The van der Waals surface area contributed by atoms with Crippen molar-refractivity contribution >= 4 is 5.91 Å². The fraction of sp³-hybridized carbons (Fsp3) is 0.296. The number of carbonyl (C=O) groups is 1. The standard InChI is InChI=1S/C27H29NO4/c1-30-25-15-14-21(18-26(25)31-2)23-12-8-16-28(23)27(29)19-32-24-13-7-6-11-22(24)17-20-9-4-3-5-10-20/h3-7,9-11,13-15,18,23H,8,12,16-17,19H2,1-2H3/t23-/m0/s1. The molecular formula is C27H29NO4. The minimum atomic E-state index is -0.00296.